The molecule has 1 rings (SSSR count). The van der Waals surface area contributed by atoms with Crippen LogP contribution in [-0.4, -0.2) is 67.3 Å². The van der Waals surface area contributed by atoms with Crippen molar-refractivity contribution >= 4 is 21.3 Å². The summed E-state index contributed by atoms with van der Waals surface area (Å²) in [5.41, 5.74) is 11.1. The van der Waals surface area contributed by atoms with Gasteiger partial charge in [0.05, 0.1) is 12.7 Å². The van der Waals surface area contributed by atoms with Crippen LogP contribution < -0.4 is 11.5 Å². The van der Waals surface area contributed by atoms with Crippen LogP contribution in [0.2, 0.25) is 0 Å². The summed E-state index contributed by atoms with van der Waals surface area (Å²) in [5, 5.41) is 0. The summed E-state index contributed by atoms with van der Waals surface area (Å²) in [5.74, 6) is 0.307. The normalized spacial score (nSPS) is 24.1. The number of amidine groups is 1. The van der Waals surface area contributed by atoms with E-state index in [0.29, 0.717) is 31.8 Å². The molecule has 1 heterocycles. The zero-order chi connectivity index (χ0) is 19.2. The van der Waals surface area contributed by atoms with Crippen molar-refractivity contribution < 1.29 is 23.7 Å². The molecule has 0 aromatic heterocycles. The number of carbonyl (C=O) groups is 1. The number of amides is 1. The molecule has 5 N–H and O–H groups in total. The van der Waals surface area contributed by atoms with Gasteiger partial charge in [0.25, 0.3) is 0 Å². The summed E-state index contributed by atoms with van der Waals surface area (Å²) >= 11 is 0. The maximum Gasteiger partial charge on any atom is 0.215 e. The van der Waals surface area contributed by atoms with E-state index in [1.807, 2.05) is 0 Å². The minimum absolute atomic E-state index is 0.207. The number of carbonyl (C=O) groups excluding carboxylic acids is 1. The van der Waals surface area contributed by atoms with Crippen molar-refractivity contribution in [2.45, 2.75) is 50.5 Å². The fraction of sp³-hybridized carbons (Fsp3) is 0.750. The van der Waals surface area contributed by atoms with Crippen LogP contribution >= 0.6 is 9.03 Å². The van der Waals surface area contributed by atoms with Crippen LogP contribution in [0.15, 0.2) is 17.3 Å². The monoisotopic (exact) mass is 390 g/mol. The van der Waals surface area contributed by atoms with Gasteiger partial charge < -0.3 is 30.4 Å². The smallest absolute Gasteiger partial charge is 0.215 e. The number of rotatable bonds is 14. The first-order valence-electron chi connectivity index (χ1n) is 8.77. The lowest BCUT2D eigenvalue weighted by Gasteiger charge is -2.20. The first kappa shape index (κ1) is 23.0. The number of ether oxygens (including phenoxy) is 2. The molecule has 4 atom stereocenters. The third-order valence-electron chi connectivity index (χ3n) is 4.05. The van der Waals surface area contributed by atoms with Crippen molar-refractivity contribution in [3.8, 4) is 0 Å². The molecule has 1 aliphatic heterocycles. The third-order valence-corrected chi connectivity index (χ3v) is 4.35. The molecule has 0 aromatic rings. The lowest BCUT2D eigenvalue weighted by molar-refractivity contribution is -0.127. The zero-order valence-electron chi connectivity index (χ0n) is 15.3. The summed E-state index contributed by atoms with van der Waals surface area (Å²) in [6.45, 7) is 1.52. The highest BCUT2D eigenvalue weighted by Crippen LogP contribution is 2.27. The van der Waals surface area contributed by atoms with Crippen LogP contribution in [-0.2, 0) is 18.8 Å². The topological polar surface area (TPSA) is 133 Å². The average Bonchev–Trinajstić information content (AvgIpc) is 3.05. The number of hydrogen-bond acceptors (Lipinski definition) is 7. The molecule has 0 saturated carbocycles. The Hall–Kier alpha value is -1.09. The van der Waals surface area contributed by atoms with E-state index >= 15 is 0 Å². The molecule has 0 radical (unpaired) electrons. The van der Waals surface area contributed by atoms with Crippen molar-refractivity contribution in [2.24, 2.45) is 16.5 Å². The van der Waals surface area contributed by atoms with E-state index in [9.17, 15) is 4.79 Å². The van der Waals surface area contributed by atoms with E-state index < -0.39 is 15.3 Å². The molecule has 0 aliphatic carbocycles. The summed E-state index contributed by atoms with van der Waals surface area (Å²) < 4.78 is 16.9. The van der Waals surface area contributed by atoms with Crippen molar-refractivity contribution in [3.63, 3.8) is 0 Å². The van der Waals surface area contributed by atoms with Crippen LogP contribution in [0, 0.1) is 0 Å². The number of aliphatic imine (C=N–C) groups is 1. The summed E-state index contributed by atoms with van der Waals surface area (Å²) in [6, 6.07) is 0. The number of nitrogens with two attached hydrogens (primary N) is 2. The van der Waals surface area contributed by atoms with Gasteiger partial charge in [-0.25, -0.2) is 0 Å². The fourth-order valence-corrected chi connectivity index (χ4v) is 2.84. The minimum Gasteiger partial charge on any atom is -0.384 e. The van der Waals surface area contributed by atoms with E-state index in [1.165, 1.54) is 17.2 Å². The SMILES string of the molecule is CN=C(N)/C=C\N(C=O)C1CC(OCCCCCCN)C(COPO)O1. The van der Waals surface area contributed by atoms with Gasteiger partial charge in [0.1, 0.15) is 18.2 Å². The molecule has 150 valence electrons. The molecule has 1 aliphatic rings. The molecular weight excluding hydrogens is 359 g/mol. The standard InChI is InChI=1S/C16H31N4O5P/c1-19-15(18)6-8-20(12-21)16-10-13(14(25-16)11-24-26-22)23-9-5-3-2-4-7-17/h6,8,12-14,16,22,26H,2-5,7,9-11,17H2,1H3,(H2,18,19)/b8-6-. The first-order valence-corrected chi connectivity index (χ1v) is 9.63. The molecular formula is C16H31N4O5P. The highest BCUT2D eigenvalue weighted by Gasteiger charge is 2.38. The van der Waals surface area contributed by atoms with Gasteiger partial charge >= 0.3 is 0 Å². The number of nitrogens with zero attached hydrogens (tertiary/aromatic N) is 2. The molecule has 4 unspecified atom stereocenters. The first-order chi connectivity index (χ1) is 12.7. The Bertz CT molecular complexity index is 452. The summed E-state index contributed by atoms with van der Waals surface area (Å²) in [4.78, 5) is 25.5. The largest absolute Gasteiger partial charge is 0.384 e. The maximum absolute atomic E-state index is 11.4. The Balaban J connectivity index is 2.56. The third kappa shape index (κ3) is 8.53. The van der Waals surface area contributed by atoms with E-state index in [1.54, 1.807) is 7.05 Å². The van der Waals surface area contributed by atoms with Gasteiger partial charge in [0, 0.05) is 26.3 Å². The fourth-order valence-electron chi connectivity index (χ4n) is 2.60. The van der Waals surface area contributed by atoms with Crippen LogP contribution in [0.5, 0.6) is 0 Å². The molecule has 0 spiro atoms. The quantitative estimate of drug-likeness (QED) is 0.129. The second-order valence-electron chi connectivity index (χ2n) is 5.90. The average molecular weight is 390 g/mol. The molecule has 0 bridgehead atoms. The predicted octanol–water partition coefficient (Wildman–Crippen LogP) is 0.482. The van der Waals surface area contributed by atoms with Crippen LogP contribution in [0.4, 0.5) is 0 Å². The van der Waals surface area contributed by atoms with E-state index in [-0.39, 0.29) is 18.8 Å². The maximum atomic E-state index is 11.4. The zero-order valence-corrected chi connectivity index (χ0v) is 16.3. The van der Waals surface area contributed by atoms with Crippen LogP contribution in [0.25, 0.3) is 0 Å². The van der Waals surface area contributed by atoms with Gasteiger partial charge in [-0.05, 0) is 25.5 Å². The predicted molar refractivity (Wildman–Crippen MR) is 102 cm³/mol. The summed E-state index contributed by atoms with van der Waals surface area (Å²) in [7, 11) is 0.950. The van der Waals surface area contributed by atoms with Gasteiger partial charge in [-0.3, -0.25) is 14.7 Å². The lowest BCUT2D eigenvalue weighted by atomic mass is 10.1. The van der Waals surface area contributed by atoms with Gasteiger partial charge in [0.15, 0.2) is 9.03 Å². The van der Waals surface area contributed by atoms with E-state index in [2.05, 4.69) is 4.99 Å². The molecule has 26 heavy (non-hydrogen) atoms. The minimum atomic E-state index is -0.617. The number of unbranched alkanes of at least 4 members (excludes halogenated alkanes) is 3. The Morgan fingerprint density at radius 3 is 2.85 bits per heavy atom. The summed E-state index contributed by atoms with van der Waals surface area (Å²) in [6.07, 6.45) is 7.32. The highest BCUT2D eigenvalue weighted by molar-refractivity contribution is 7.24. The Morgan fingerprint density at radius 1 is 1.42 bits per heavy atom. The van der Waals surface area contributed by atoms with Crippen LogP contribution in [0.3, 0.4) is 0 Å². The Labute approximate surface area is 156 Å². The lowest BCUT2D eigenvalue weighted by Crippen LogP contribution is -2.31. The van der Waals surface area contributed by atoms with E-state index in [0.717, 1.165) is 25.7 Å². The van der Waals surface area contributed by atoms with Gasteiger partial charge in [-0.2, -0.15) is 0 Å². The highest BCUT2D eigenvalue weighted by atomic mass is 31.1. The molecule has 10 heteroatoms. The van der Waals surface area contributed by atoms with Crippen molar-refractivity contribution in [3.05, 3.63) is 12.3 Å². The van der Waals surface area contributed by atoms with Gasteiger partial charge in [-0.1, -0.05) is 12.8 Å². The molecule has 0 aromatic carbocycles. The molecule has 1 fully saturated rings. The second-order valence-corrected chi connectivity index (χ2v) is 6.37. The molecule has 1 amide bonds. The van der Waals surface area contributed by atoms with E-state index in [4.69, 9.17) is 30.4 Å². The van der Waals surface area contributed by atoms with Gasteiger partial charge in [0.2, 0.25) is 6.41 Å². The van der Waals surface area contributed by atoms with Crippen LogP contribution in [0.1, 0.15) is 32.1 Å². The van der Waals surface area contributed by atoms with Crippen molar-refractivity contribution in [1.82, 2.24) is 4.90 Å². The van der Waals surface area contributed by atoms with Gasteiger partial charge in [-0.15, -0.1) is 0 Å². The number of hydrogen-bond donors (Lipinski definition) is 3. The van der Waals surface area contributed by atoms with Crippen molar-refractivity contribution in [2.75, 3.05) is 26.8 Å². The Morgan fingerprint density at radius 2 is 2.19 bits per heavy atom. The Kier molecular flexibility index (Phi) is 12.4. The molecule has 9 nitrogen and oxygen atoms in total. The van der Waals surface area contributed by atoms with Crippen molar-refractivity contribution in [1.29, 1.82) is 0 Å². The second kappa shape index (κ2) is 14.0. The molecule has 1 saturated heterocycles.